The van der Waals surface area contributed by atoms with Crippen LogP contribution in [0, 0.1) is 6.92 Å². The van der Waals surface area contributed by atoms with Crippen LogP contribution in [0.5, 0.6) is 0 Å². The van der Waals surface area contributed by atoms with E-state index in [-0.39, 0.29) is 23.9 Å². The Bertz CT molecular complexity index is 853. The molecule has 146 valence electrons. The standard InChI is InChI=1S/C24H28N2O2/c1-17-11-13-18(14-12-17)22(15-23(27)25-20-8-3-2-4-9-20)26-16-19-7-5-6-10-21(19)24(26)28/h5-7,10-14,20,22H,2-4,8-9,15-16H2,1H3,(H,25,27)/t22-/m1/s1. The summed E-state index contributed by atoms with van der Waals surface area (Å²) in [6.45, 7) is 2.61. The van der Waals surface area contributed by atoms with Gasteiger partial charge >= 0.3 is 0 Å². The van der Waals surface area contributed by atoms with Gasteiger partial charge in [0, 0.05) is 18.2 Å². The van der Waals surface area contributed by atoms with Crippen LogP contribution in [0.15, 0.2) is 48.5 Å². The summed E-state index contributed by atoms with van der Waals surface area (Å²) < 4.78 is 0. The first-order chi connectivity index (χ1) is 13.6. The fourth-order valence-electron chi connectivity index (χ4n) is 4.43. The van der Waals surface area contributed by atoms with Crippen molar-refractivity contribution in [1.29, 1.82) is 0 Å². The highest BCUT2D eigenvalue weighted by Gasteiger charge is 2.34. The minimum absolute atomic E-state index is 0.0200. The highest BCUT2D eigenvalue weighted by molar-refractivity contribution is 5.98. The first-order valence-corrected chi connectivity index (χ1v) is 10.4. The van der Waals surface area contributed by atoms with E-state index in [1.54, 1.807) is 0 Å². The van der Waals surface area contributed by atoms with Crippen molar-refractivity contribution >= 4 is 11.8 Å². The molecule has 1 heterocycles. The predicted molar refractivity (Wildman–Crippen MR) is 110 cm³/mol. The summed E-state index contributed by atoms with van der Waals surface area (Å²) >= 11 is 0. The van der Waals surface area contributed by atoms with Gasteiger partial charge in [0.1, 0.15) is 0 Å². The smallest absolute Gasteiger partial charge is 0.255 e. The summed E-state index contributed by atoms with van der Waals surface area (Å²) in [4.78, 5) is 27.8. The Morgan fingerprint density at radius 1 is 1.07 bits per heavy atom. The number of carbonyl (C=O) groups is 2. The van der Waals surface area contributed by atoms with Crippen molar-refractivity contribution in [1.82, 2.24) is 10.2 Å². The maximum Gasteiger partial charge on any atom is 0.255 e. The number of carbonyl (C=O) groups excluding carboxylic acids is 2. The molecule has 4 heteroatoms. The predicted octanol–water partition coefficient (Wildman–Crippen LogP) is 4.53. The maximum atomic E-state index is 13.0. The van der Waals surface area contributed by atoms with Crippen LogP contribution in [-0.4, -0.2) is 22.8 Å². The molecule has 0 saturated heterocycles. The second kappa shape index (κ2) is 8.17. The second-order valence-electron chi connectivity index (χ2n) is 8.12. The molecule has 1 saturated carbocycles. The van der Waals surface area contributed by atoms with Gasteiger partial charge in [-0.3, -0.25) is 9.59 Å². The molecule has 28 heavy (non-hydrogen) atoms. The quantitative estimate of drug-likeness (QED) is 0.833. The van der Waals surface area contributed by atoms with Crippen molar-refractivity contribution in [3.63, 3.8) is 0 Å². The van der Waals surface area contributed by atoms with Gasteiger partial charge in [0.25, 0.3) is 5.91 Å². The van der Waals surface area contributed by atoms with E-state index in [4.69, 9.17) is 0 Å². The number of nitrogens with zero attached hydrogens (tertiary/aromatic N) is 1. The summed E-state index contributed by atoms with van der Waals surface area (Å²) in [7, 11) is 0. The van der Waals surface area contributed by atoms with Crippen LogP contribution < -0.4 is 5.32 Å². The first-order valence-electron chi connectivity index (χ1n) is 10.4. The van der Waals surface area contributed by atoms with Gasteiger partial charge in [-0.2, -0.15) is 0 Å². The van der Waals surface area contributed by atoms with Crippen LogP contribution in [0.3, 0.4) is 0 Å². The lowest BCUT2D eigenvalue weighted by molar-refractivity contribution is -0.123. The lowest BCUT2D eigenvalue weighted by atomic mass is 9.95. The molecule has 2 aliphatic rings. The molecular weight excluding hydrogens is 348 g/mol. The van der Waals surface area contributed by atoms with Gasteiger partial charge in [-0.25, -0.2) is 0 Å². The van der Waals surface area contributed by atoms with Gasteiger partial charge in [0.05, 0.1) is 12.5 Å². The van der Waals surface area contributed by atoms with Crippen LogP contribution in [0.1, 0.15) is 71.6 Å². The molecule has 2 amide bonds. The van der Waals surface area contributed by atoms with Gasteiger partial charge < -0.3 is 10.2 Å². The van der Waals surface area contributed by atoms with Crippen molar-refractivity contribution < 1.29 is 9.59 Å². The molecule has 4 nitrogen and oxygen atoms in total. The van der Waals surface area contributed by atoms with Crippen LogP contribution in [0.4, 0.5) is 0 Å². The Morgan fingerprint density at radius 2 is 1.79 bits per heavy atom. The van der Waals surface area contributed by atoms with Gasteiger partial charge in [0.15, 0.2) is 0 Å². The van der Waals surface area contributed by atoms with E-state index >= 15 is 0 Å². The molecule has 1 aliphatic carbocycles. The largest absolute Gasteiger partial charge is 0.353 e. The molecule has 0 spiro atoms. The van der Waals surface area contributed by atoms with Crippen molar-refractivity contribution in [2.24, 2.45) is 0 Å². The van der Waals surface area contributed by atoms with E-state index < -0.39 is 0 Å². The molecule has 1 aliphatic heterocycles. The molecule has 1 fully saturated rings. The highest BCUT2D eigenvalue weighted by Crippen LogP contribution is 2.33. The Hall–Kier alpha value is -2.62. The minimum atomic E-state index is -0.246. The molecule has 0 aromatic heterocycles. The van der Waals surface area contributed by atoms with Crippen LogP contribution in [-0.2, 0) is 11.3 Å². The summed E-state index contributed by atoms with van der Waals surface area (Å²) in [6, 6.07) is 16.0. The summed E-state index contributed by atoms with van der Waals surface area (Å²) in [5, 5.41) is 3.21. The molecule has 4 rings (SSSR count). The Balaban J connectivity index is 1.55. The van der Waals surface area contributed by atoms with E-state index in [1.165, 1.54) is 24.8 Å². The third kappa shape index (κ3) is 3.96. The second-order valence-corrected chi connectivity index (χ2v) is 8.12. The Kier molecular flexibility index (Phi) is 5.47. The number of hydrogen-bond acceptors (Lipinski definition) is 2. The summed E-state index contributed by atoms with van der Waals surface area (Å²) in [5.41, 5.74) is 3.99. The van der Waals surface area contributed by atoms with E-state index in [0.717, 1.165) is 29.5 Å². The summed E-state index contributed by atoms with van der Waals surface area (Å²) in [6.07, 6.45) is 6.07. The zero-order chi connectivity index (χ0) is 19.5. The fraction of sp³-hybridized carbons (Fsp3) is 0.417. The first kappa shape index (κ1) is 18.7. The summed E-state index contributed by atoms with van der Waals surface area (Å²) in [5.74, 6) is 0.0628. The van der Waals surface area contributed by atoms with Crippen LogP contribution in [0.25, 0.3) is 0 Å². The number of aryl methyl sites for hydroxylation is 1. The Labute approximate surface area is 166 Å². The zero-order valence-electron chi connectivity index (χ0n) is 16.5. The lowest BCUT2D eigenvalue weighted by Crippen LogP contribution is -2.39. The van der Waals surface area contributed by atoms with Crippen molar-refractivity contribution in [2.75, 3.05) is 0 Å². The van der Waals surface area contributed by atoms with Gasteiger partial charge in [-0.05, 0) is 37.0 Å². The number of rotatable bonds is 5. The average molecular weight is 377 g/mol. The number of fused-ring (bicyclic) bond motifs is 1. The van der Waals surface area contributed by atoms with Gasteiger partial charge in [0.2, 0.25) is 5.91 Å². The van der Waals surface area contributed by atoms with Gasteiger partial charge in [-0.1, -0.05) is 67.3 Å². The maximum absolute atomic E-state index is 13.0. The fourth-order valence-corrected chi connectivity index (χ4v) is 4.43. The molecule has 2 aromatic rings. The number of hydrogen-bond donors (Lipinski definition) is 1. The van der Waals surface area contributed by atoms with Crippen molar-refractivity contribution in [2.45, 2.75) is 64.1 Å². The van der Waals surface area contributed by atoms with E-state index in [2.05, 4.69) is 17.4 Å². The van der Waals surface area contributed by atoms with Crippen LogP contribution >= 0.6 is 0 Å². The highest BCUT2D eigenvalue weighted by atomic mass is 16.2. The normalized spacial score (nSPS) is 18.0. The minimum Gasteiger partial charge on any atom is -0.353 e. The molecule has 0 unspecified atom stereocenters. The van der Waals surface area contributed by atoms with Crippen molar-refractivity contribution in [3.05, 3.63) is 70.8 Å². The lowest BCUT2D eigenvalue weighted by Gasteiger charge is -2.29. The zero-order valence-corrected chi connectivity index (χ0v) is 16.5. The topological polar surface area (TPSA) is 49.4 Å². The number of nitrogens with one attached hydrogen (secondary N) is 1. The molecule has 0 radical (unpaired) electrons. The molecular formula is C24H28N2O2. The SMILES string of the molecule is Cc1ccc([C@@H](CC(=O)NC2CCCCC2)N2Cc3ccccc3C2=O)cc1. The average Bonchev–Trinajstić information content (AvgIpc) is 3.04. The molecule has 0 bridgehead atoms. The number of amides is 2. The molecule has 1 N–H and O–H groups in total. The Morgan fingerprint density at radius 3 is 2.50 bits per heavy atom. The van der Waals surface area contributed by atoms with E-state index in [0.29, 0.717) is 13.0 Å². The van der Waals surface area contributed by atoms with Crippen molar-refractivity contribution in [3.8, 4) is 0 Å². The molecule has 2 aromatic carbocycles. The van der Waals surface area contributed by atoms with Crippen LogP contribution in [0.2, 0.25) is 0 Å². The van der Waals surface area contributed by atoms with E-state index in [1.807, 2.05) is 48.2 Å². The molecule has 1 atom stereocenters. The third-order valence-electron chi connectivity index (χ3n) is 6.04. The number of benzene rings is 2. The van der Waals surface area contributed by atoms with Gasteiger partial charge in [-0.15, -0.1) is 0 Å². The third-order valence-corrected chi connectivity index (χ3v) is 6.04. The monoisotopic (exact) mass is 376 g/mol. The van der Waals surface area contributed by atoms with E-state index in [9.17, 15) is 9.59 Å².